The van der Waals surface area contributed by atoms with Gasteiger partial charge in [0.2, 0.25) is 0 Å². The fourth-order valence-corrected chi connectivity index (χ4v) is 2.98. The number of rotatable bonds is 1. The maximum atomic E-state index is 12.6. The molecule has 0 aromatic heterocycles. The van der Waals surface area contributed by atoms with Crippen LogP contribution in [0.3, 0.4) is 0 Å². The number of nitrogens with zero attached hydrogens (tertiary/aromatic N) is 3. The summed E-state index contributed by atoms with van der Waals surface area (Å²) in [7, 11) is 0. The van der Waals surface area contributed by atoms with Crippen LogP contribution in [0.15, 0.2) is 5.16 Å². The molecule has 0 saturated carbocycles. The van der Waals surface area contributed by atoms with Gasteiger partial charge in [0.25, 0.3) is 0 Å². The van der Waals surface area contributed by atoms with Gasteiger partial charge in [0.1, 0.15) is 0 Å². The Morgan fingerprint density at radius 3 is 2.32 bits per heavy atom. The first kappa shape index (κ1) is 14.0. The number of carbonyl (C=O) groups is 1. The third-order valence-corrected chi connectivity index (χ3v) is 4.08. The van der Waals surface area contributed by atoms with Crippen LogP contribution in [-0.4, -0.2) is 52.5 Å². The van der Waals surface area contributed by atoms with E-state index in [9.17, 15) is 4.79 Å². The summed E-state index contributed by atoms with van der Waals surface area (Å²) in [6.07, 6.45) is 7.36. The third-order valence-electron chi connectivity index (χ3n) is 4.08. The number of carbonyl (C=O) groups excluding carboxylic acids is 1. The molecule has 108 valence electrons. The fourth-order valence-electron chi connectivity index (χ4n) is 2.98. The molecule has 2 fully saturated rings. The topological polar surface area (TPSA) is 82.2 Å². The number of oxime groups is 1. The molecule has 2 rings (SSSR count). The van der Waals surface area contributed by atoms with Crippen molar-refractivity contribution in [1.29, 1.82) is 0 Å². The lowest BCUT2D eigenvalue weighted by Gasteiger charge is -2.38. The summed E-state index contributed by atoms with van der Waals surface area (Å²) in [5.41, 5.74) is 5.72. The quantitative estimate of drug-likeness (QED) is 0.328. The molecule has 1 atom stereocenters. The van der Waals surface area contributed by atoms with Gasteiger partial charge in [-0.25, -0.2) is 4.79 Å². The monoisotopic (exact) mass is 268 g/mol. The Hall–Kier alpha value is -1.46. The van der Waals surface area contributed by atoms with Gasteiger partial charge in [0.05, 0.1) is 6.04 Å². The Morgan fingerprint density at radius 2 is 1.68 bits per heavy atom. The summed E-state index contributed by atoms with van der Waals surface area (Å²) >= 11 is 0. The first-order chi connectivity index (χ1) is 9.24. The van der Waals surface area contributed by atoms with E-state index in [0.29, 0.717) is 6.54 Å². The predicted octanol–water partition coefficient (Wildman–Crippen LogP) is 1.58. The largest absolute Gasteiger partial charge is 0.409 e. The zero-order chi connectivity index (χ0) is 13.7. The number of nitrogens with two attached hydrogens (primary N) is 1. The minimum atomic E-state index is -0.241. The van der Waals surface area contributed by atoms with E-state index in [4.69, 9.17) is 10.9 Å². The molecular formula is C13H24N4O2. The molecule has 2 heterocycles. The van der Waals surface area contributed by atoms with Crippen molar-refractivity contribution in [3.63, 3.8) is 0 Å². The van der Waals surface area contributed by atoms with Crippen LogP contribution in [0.2, 0.25) is 0 Å². The lowest BCUT2D eigenvalue weighted by atomic mass is 10.0. The molecule has 2 aliphatic heterocycles. The van der Waals surface area contributed by atoms with Crippen LogP contribution < -0.4 is 5.73 Å². The molecule has 6 heteroatoms. The molecule has 0 aromatic carbocycles. The van der Waals surface area contributed by atoms with Gasteiger partial charge in [-0.05, 0) is 32.1 Å². The number of urea groups is 1. The minimum absolute atomic E-state index is 0.0539. The van der Waals surface area contributed by atoms with Crippen molar-refractivity contribution in [3.8, 4) is 0 Å². The second-order valence-electron chi connectivity index (χ2n) is 5.41. The van der Waals surface area contributed by atoms with Crippen LogP contribution in [0.1, 0.15) is 44.9 Å². The summed E-state index contributed by atoms with van der Waals surface area (Å²) in [4.78, 5) is 16.3. The molecule has 2 aliphatic rings. The van der Waals surface area contributed by atoms with Gasteiger partial charge in [0.15, 0.2) is 5.84 Å². The lowest BCUT2D eigenvalue weighted by molar-refractivity contribution is 0.132. The Bertz CT molecular complexity index is 338. The highest BCUT2D eigenvalue weighted by molar-refractivity contribution is 5.89. The predicted molar refractivity (Wildman–Crippen MR) is 73.2 cm³/mol. The maximum Gasteiger partial charge on any atom is 0.320 e. The highest BCUT2D eigenvalue weighted by Crippen LogP contribution is 2.20. The van der Waals surface area contributed by atoms with Gasteiger partial charge in [-0.2, -0.15) is 0 Å². The van der Waals surface area contributed by atoms with E-state index in [-0.39, 0.29) is 17.9 Å². The average molecular weight is 268 g/mol. The normalized spacial score (nSPS) is 26.1. The molecule has 0 aliphatic carbocycles. The summed E-state index contributed by atoms with van der Waals surface area (Å²) in [5.74, 6) is 0.155. The van der Waals surface area contributed by atoms with Crippen LogP contribution in [0.5, 0.6) is 0 Å². The number of hydrogen-bond donors (Lipinski definition) is 2. The third kappa shape index (κ3) is 3.30. The number of amidine groups is 1. The van der Waals surface area contributed by atoms with Crippen molar-refractivity contribution in [3.05, 3.63) is 0 Å². The summed E-state index contributed by atoms with van der Waals surface area (Å²) in [6, 6.07) is -0.187. The second-order valence-corrected chi connectivity index (χ2v) is 5.41. The second kappa shape index (κ2) is 6.63. The van der Waals surface area contributed by atoms with Crippen molar-refractivity contribution >= 4 is 11.9 Å². The Balaban J connectivity index is 2.05. The van der Waals surface area contributed by atoms with Crippen LogP contribution in [0, 0.1) is 0 Å². The average Bonchev–Trinajstić information content (AvgIpc) is 2.74. The molecule has 19 heavy (non-hydrogen) atoms. The van der Waals surface area contributed by atoms with Crippen LogP contribution in [-0.2, 0) is 0 Å². The van der Waals surface area contributed by atoms with Crippen molar-refractivity contribution in [1.82, 2.24) is 9.80 Å². The summed E-state index contributed by atoms with van der Waals surface area (Å²) < 4.78 is 0. The fraction of sp³-hybridized carbons (Fsp3) is 0.846. The highest BCUT2D eigenvalue weighted by Gasteiger charge is 2.32. The number of likely N-dealkylation sites (tertiary alicyclic amines) is 2. The van der Waals surface area contributed by atoms with E-state index >= 15 is 0 Å². The molecule has 0 bridgehead atoms. The molecule has 6 nitrogen and oxygen atoms in total. The highest BCUT2D eigenvalue weighted by atomic mass is 16.4. The molecule has 3 N–H and O–H groups in total. The van der Waals surface area contributed by atoms with Gasteiger partial charge in [-0.1, -0.05) is 18.0 Å². The Morgan fingerprint density at radius 1 is 1.05 bits per heavy atom. The summed E-state index contributed by atoms with van der Waals surface area (Å²) in [6.45, 7) is 2.37. The standard InChI is InChI=1S/C13H24N4O2/c14-12(15-19)11-7-3-6-10-17(11)13(18)16-8-4-1-2-5-9-16/h11,19H,1-10H2,(H2,14,15). The van der Waals surface area contributed by atoms with E-state index in [2.05, 4.69) is 5.16 Å². The van der Waals surface area contributed by atoms with Gasteiger partial charge in [-0.3, -0.25) is 0 Å². The Labute approximate surface area is 114 Å². The SMILES string of the molecule is NC(=NO)C1CCCCN1C(=O)N1CCCCCC1. The van der Waals surface area contributed by atoms with Crippen molar-refractivity contribution in [2.45, 2.75) is 51.0 Å². The molecule has 0 spiro atoms. The van der Waals surface area contributed by atoms with E-state index in [1.54, 1.807) is 4.90 Å². The number of amides is 2. The van der Waals surface area contributed by atoms with Gasteiger partial charge in [-0.15, -0.1) is 0 Å². The molecule has 2 saturated heterocycles. The minimum Gasteiger partial charge on any atom is -0.409 e. The Kier molecular flexibility index (Phi) is 4.87. The summed E-state index contributed by atoms with van der Waals surface area (Å²) in [5, 5.41) is 11.9. The van der Waals surface area contributed by atoms with E-state index < -0.39 is 0 Å². The molecule has 0 radical (unpaired) electrons. The molecule has 0 aromatic rings. The van der Waals surface area contributed by atoms with Crippen LogP contribution >= 0.6 is 0 Å². The molecule has 1 unspecified atom stereocenters. The van der Waals surface area contributed by atoms with E-state index in [1.807, 2.05) is 4.90 Å². The molecular weight excluding hydrogens is 244 g/mol. The van der Waals surface area contributed by atoms with Gasteiger partial charge < -0.3 is 20.7 Å². The number of piperidine rings is 1. The lowest BCUT2D eigenvalue weighted by Crippen LogP contribution is -2.55. The van der Waals surface area contributed by atoms with Crippen LogP contribution in [0.4, 0.5) is 4.79 Å². The first-order valence-electron chi connectivity index (χ1n) is 7.27. The van der Waals surface area contributed by atoms with Crippen molar-refractivity contribution < 1.29 is 10.0 Å². The molecule has 2 amide bonds. The smallest absolute Gasteiger partial charge is 0.320 e. The maximum absolute atomic E-state index is 12.6. The van der Waals surface area contributed by atoms with Crippen molar-refractivity contribution in [2.75, 3.05) is 19.6 Å². The first-order valence-corrected chi connectivity index (χ1v) is 7.27. The van der Waals surface area contributed by atoms with Gasteiger partial charge >= 0.3 is 6.03 Å². The van der Waals surface area contributed by atoms with Gasteiger partial charge in [0, 0.05) is 19.6 Å². The van der Waals surface area contributed by atoms with Crippen molar-refractivity contribution in [2.24, 2.45) is 10.9 Å². The number of hydrogen-bond acceptors (Lipinski definition) is 3. The zero-order valence-corrected chi connectivity index (χ0v) is 11.4. The van der Waals surface area contributed by atoms with Crippen LogP contribution in [0.25, 0.3) is 0 Å². The zero-order valence-electron chi connectivity index (χ0n) is 11.4. The van der Waals surface area contributed by atoms with E-state index in [0.717, 1.165) is 45.2 Å². The van der Waals surface area contributed by atoms with E-state index in [1.165, 1.54) is 12.8 Å².